The fraction of sp³-hybridized carbons (Fsp3) is 0.500. The summed E-state index contributed by atoms with van der Waals surface area (Å²) in [6, 6.07) is 4.53. The summed E-state index contributed by atoms with van der Waals surface area (Å²) < 4.78 is 13.3. The molecule has 0 aliphatic heterocycles. The van der Waals surface area contributed by atoms with E-state index in [1.165, 1.54) is 12.1 Å². The standard InChI is InChI=1S/C16H18FNO3/c17-10-4-5-11-9(8-10)2-1-3-14(11)18-15(19)12-6-7-13(12)16(20)21/h4-5,8,12-14H,1-3,6-7H2,(H,18,19)(H,20,21). The van der Waals surface area contributed by atoms with E-state index in [4.69, 9.17) is 5.11 Å². The molecule has 0 aromatic heterocycles. The largest absolute Gasteiger partial charge is 0.481 e. The van der Waals surface area contributed by atoms with E-state index in [9.17, 15) is 14.0 Å². The van der Waals surface area contributed by atoms with Crippen LogP contribution in [0.4, 0.5) is 4.39 Å². The molecule has 0 spiro atoms. The lowest BCUT2D eigenvalue weighted by Gasteiger charge is -2.34. The second-order valence-corrected chi connectivity index (χ2v) is 5.93. The molecule has 2 aliphatic carbocycles. The van der Waals surface area contributed by atoms with Gasteiger partial charge in [0.15, 0.2) is 0 Å². The highest BCUT2D eigenvalue weighted by molar-refractivity contribution is 5.86. The summed E-state index contributed by atoms with van der Waals surface area (Å²) in [6.45, 7) is 0. The monoisotopic (exact) mass is 291 g/mol. The van der Waals surface area contributed by atoms with Crippen LogP contribution in [0, 0.1) is 17.7 Å². The third kappa shape index (κ3) is 2.64. The van der Waals surface area contributed by atoms with Crippen molar-refractivity contribution in [2.75, 3.05) is 0 Å². The minimum Gasteiger partial charge on any atom is -0.481 e. The first-order chi connectivity index (χ1) is 10.1. The summed E-state index contributed by atoms with van der Waals surface area (Å²) in [5.74, 6) is -2.32. The van der Waals surface area contributed by atoms with E-state index in [1.807, 2.05) is 0 Å². The van der Waals surface area contributed by atoms with Crippen LogP contribution in [0.25, 0.3) is 0 Å². The molecule has 0 bridgehead atoms. The average molecular weight is 291 g/mol. The van der Waals surface area contributed by atoms with Crippen molar-refractivity contribution in [3.8, 4) is 0 Å². The number of benzene rings is 1. The molecule has 3 rings (SSSR count). The van der Waals surface area contributed by atoms with Crippen molar-refractivity contribution in [2.24, 2.45) is 11.8 Å². The molecule has 1 saturated carbocycles. The number of carbonyl (C=O) groups is 2. The quantitative estimate of drug-likeness (QED) is 0.899. The van der Waals surface area contributed by atoms with Gasteiger partial charge < -0.3 is 10.4 Å². The zero-order valence-electron chi connectivity index (χ0n) is 11.6. The van der Waals surface area contributed by atoms with Gasteiger partial charge in [0.1, 0.15) is 5.82 Å². The van der Waals surface area contributed by atoms with Crippen LogP contribution in [-0.4, -0.2) is 17.0 Å². The Morgan fingerprint density at radius 3 is 2.62 bits per heavy atom. The van der Waals surface area contributed by atoms with Crippen LogP contribution >= 0.6 is 0 Å². The Balaban J connectivity index is 1.72. The minimum atomic E-state index is -0.896. The number of amides is 1. The highest BCUT2D eigenvalue weighted by atomic mass is 19.1. The number of hydrogen-bond acceptors (Lipinski definition) is 2. The number of carboxylic acid groups (broad SMARTS) is 1. The maximum absolute atomic E-state index is 13.3. The summed E-state index contributed by atoms with van der Waals surface area (Å²) in [5, 5.41) is 12.0. The van der Waals surface area contributed by atoms with Crippen LogP contribution in [0.15, 0.2) is 18.2 Å². The molecule has 21 heavy (non-hydrogen) atoms. The van der Waals surface area contributed by atoms with Gasteiger partial charge in [-0.2, -0.15) is 0 Å². The Morgan fingerprint density at radius 1 is 1.19 bits per heavy atom. The van der Waals surface area contributed by atoms with Gasteiger partial charge in [0.05, 0.1) is 17.9 Å². The van der Waals surface area contributed by atoms with Crippen LogP contribution < -0.4 is 5.32 Å². The van der Waals surface area contributed by atoms with Crippen molar-refractivity contribution in [1.29, 1.82) is 0 Å². The molecule has 0 heterocycles. The summed E-state index contributed by atoms with van der Waals surface area (Å²) >= 11 is 0. The lowest BCUT2D eigenvalue weighted by Crippen LogP contribution is -2.45. The SMILES string of the molecule is O=C(O)C1CCC1C(=O)NC1CCCc2cc(F)ccc21. The van der Waals surface area contributed by atoms with Gasteiger partial charge in [-0.1, -0.05) is 6.07 Å². The third-order valence-electron chi connectivity index (χ3n) is 4.66. The van der Waals surface area contributed by atoms with Crippen molar-refractivity contribution in [3.05, 3.63) is 35.1 Å². The normalized spacial score (nSPS) is 27.4. The van der Waals surface area contributed by atoms with Crippen LogP contribution in [0.3, 0.4) is 0 Å². The molecule has 112 valence electrons. The minimum absolute atomic E-state index is 0.128. The molecule has 1 aromatic carbocycles. The van der Waals surface area contributed by atoms with E-state index in [0.29, 0.717) is 12.8 Å². The van der Waals surface area contributed by atoms with E-state index >= 15 is 0 Å². The maximum Gasteiger partial charge on any atom is 0.307 e. The van der Waals surface area contributed by atoms with E-state index in [-0.39, 0.29) is 17.8 Å². The average Bonchev–Trinajstić information content (AvgIpc) is 2.36. The zero-order valence-corrected chi connectivity index (χ0v) is 11.6. The molecule has 2 aliphatic rings. The Bertz CT molecular complexity index is 587. The first kappa shape index (κ1) is 14.0. The van der Waals surface area contributed by atoms with E-state index in [0.717, 1.165) is 30.4 Å². The molecule has 4 nitrogen and oxygen atoms in total. The van der Waals surface area contributed by atoms with Gasteiger partial charge in [0.2, 0.25) is 5.91 Å². The van der Waals surface area contributed by atoms with Crippen LogP contribution in [0.5, 0.6) is 0 Å². The summed E-state index contributed by atoms with van der Waals surface area (Å²) in [4.78, 5) is 23.2. The maximum atomic E-state index is 13.3. The smallest absolute Gasteiger partial charge is 0.307 e. The number of fused-ring (bicyclic) bond motifs is 1. The van der Waals surface area contributed by atoms with Crippen LogP contribution in [0.1, 0.15) is 42.9 Å². The van der Waals surface area contributed by atoms with Crippen LogP contribution in [-0.2, 0) is 16.0 Å². The predicted octanol–water partition coefficient (Wildman–Crippen LogP) is 2.43. The van der Waals surface area contributed by atoms with Crippen molar-refractivity contribution < 1.29 is 19.1 Å². The zero-order chi connectivity index (χ0) is 15.0. The van der Waals surface area contributed by atoms with Crippen molar-refractivity contribution in [3.63, 3.8) is 0 Å². The number of aryl methyl sites for hydroxylation is 1. The molecular weight excluding hydrogens is 273 g/mol. The Kier molecular flexibility index (Phi) is 3.66. The van der Waals surface area contributed by atoms with Gasteiger partial charge >= 0.3 is 5.97 Å². The topological polar surface area (TPSA) is 66.4 Å². The van der Waals surface area contributed by atoms with Gasteiger partial charge in [-0.25, -0.2) is 4.39 Å². The molecule has 2 N–H and O–H groups in total. The molecule has 1 amide bonds. The second-order valence-electron chi connectivity index (χ2n) is 5.93. The van der Waals surface area contributed by atoms with Crippen molar-refractivity contribution in [1.82, 2.24) is 5.32 Å². The summed E-state index contributed by atoms with van der Waals surface area (Å²) in [5.41, 5.74) is 1.90. The highest BCUT2D eigenvalue weighted by Crippen LogP contribution is 2.36. The number of nitrogens with one attached hydrogen (secondary N) is 1. The van der Waals surface area contributed by atoms with Gasteiger partial charge in [0.25, 0.3) is 0 Å². The van der Waals surface area contributed by atoms with Crippen molar-refractivity contribution in [2.45, 2.75) is 38.1 Å². The lowest BCUT2D eigenvalue weighted by atomic mass is 9.73. The molecular formula is C16H18FNO3. The number of aliphatic carboxylic acids is 1. The Morgan fingerprint density at radius 2 is 1.95 bits per heavy atom. The summed E-state index contributed by atoms with van der Waals surface area (Å²) in [7, 11) is 0. The molecule has 3 atom stereocenters. The Hall–Kier alpha value is -1.91. The predicted molar refractivity (Wildman–Crippen MR) is 74.1 cm³/mol. The van der Waals surface area contributed by atoms with Gasteiger partial charge in [0, 0.05) is 0 Å². The van der Waals surface area contributed by atoms with Gasteiger partial charge in [-0.3, -0.25) is 9.59 Å². The molecule has 0 saturated heterocycles. The molecule has 1 aromatic rings. The lowest BCUT2D eigenvalue weighted by molar-refractivity contribution is -0.153. The van der Waals surface area contributed by atoms with Gasteiger partial charge in [-0.05, 0) is 55.4 Å². The molecule has 0 radical (unpaired) electrons. The third-order valence-corrected chi connectivity index (χ3v) is 4.66. The first-order valence-corrected chi connectivity index (χ1v) is 7.38. The van der Waals surface area contributed by atoms with Crippen molar-refractivity contribution >= 4 is 11.9 Å². The number of carbonyl (C=O) groups excluding carboxylic acids is 1. The number of rotatable bonds is 3. The van der Waals surface area contributed by atoms with E-state index < -0.39 is 17.8 Å². The number of halogens is 1. The fourth-order valence-electron chi connectivity index (χ4n) is 3.32. The van der Waals surface area contributed by atoms with E-state index in [1.54, 1.807) is 6.07 Å². The van der Waals surface area contributed by atoms with Crippen LogP contribution in [0.2, 0.25) is 0 Å². The molecule has 5 heteroatoms. The Labute approximate surface area is 122 Å². The summed E-state index contributed by atoms with van der Waals surface area (Å²) in [6.07, 6.45) is 3.73. The highest BCUT2D eigenvalue weighted by Gasteiger charge is 2.42. The molecule has 3 unspecified atom stereocenters. The van der Waals surface area contributed by atoms with E-state index in [2.05, 4.69) is 5.32 Å². The fourth-order valence-corrected chi connectivity index (χ4v) is 3.32. The van der Waals surface area contributed by atoms with Gasteiger partial charge in [-0.15, -0.1) is 0 Å². The first-order valence-electron chi connectivity index (χ1n) is 7.38. The number of carboxylic acids is 1. The molecule has 1 fully saturated rings. The number of hydrogen-bond donors (Lipinski definition) is 2. The second kappa shape index (κ2) is 5.47.